The lowest BCUT2D eigenvalue weighted by Gasteiger charge is -2.48. The van der Waals surface area contributed by atoms with Crippen LogP contribution >= 0.6 is 0 Å². The van der Waals surface area contributed by atoms with E-state index >= 15 is 0 Å². The van der Waals surface area contributed by atoms with Gasteiger partial charge in [-0.2, -0.15) is 0 Å². The summed E-state index contributed by atoms with van der Waals surface area (Å²) in [6, 6.07) is 20.3. The standard InChI is InChI=1S/C22H26O4/c1-15-16(2)25-19-14-24-22(18-11-7-4-8-12-18)26-21(19)20(15)23-13-17-9-5-3-6-10-17/h3-12,15-16,19-22H,13-14H2,1-2H3/t15?,16-,19?,20-,21+,22?/m0/s1. The summed E-state index contributed by atoms with van der Waals surface area (Å²) in [6.07, 6.45) is -0.521. The van der Waals surface area contributed by atoms with E-state index in [1.165, 1.54) is 5.56 Å². The van der Waals surface area contributed by atoms with E-state index in [-0.39, 0.29) is 36.6 Å². The predicted molar refractivity (Wildman–Crippen MR) is 98.5 cm³/mol. The summed E-state index contributed by atoms with van der Waals surface area (Å²) in [5, 5.41) is 0. The minimum absolute atomic E-state index is 0.0286. The van der Waals surface area contributed by atoms with Gasteiger partial charge in [-0.1, -0.05) is 67.6 Å². The maximum absolute atomic E-state index is 6.34. The van der Waals surface area contributed by atoms with Crippen LogP contribution in [0.4, 0.5) is 0 Å². The van der Waals surface area contributed by atoms with Gasteiger partial charge in [0, 0.05) is 11.5 Å². The van der Waals surface area contributed by atoms with Crippen LogP contribution in [0.3, 0.4) is 0 Å². The summed E-state index contributed by atoms with van der Waals surface area (Å²) < 4.78 is 24.7. The molecule has 0 amide bonds. The molecule has 26 heavy (non-hydrogen) atoms. The first kappa shape index (κ1) is 17.7. The van der Waals surface area contributed by atoms with E-state index in [1.807, 2.05) is 48.5 Å². The van der Waals surface area contributed by atoms with Crippen LogP contribution < -0.4 is 0 Å². The highest BCUT2D eigenvalue weighted by Gasteiger charge is 2.47. The fraction of sp³-hybridized carbons (Fsp3) is 0.455. The Morgan fingerprint density at radius 3 is 2.35 bits per heavy atom. The summed E-state index contributed by atoms with van der Waals surface area (Å²) in [6.45, 7) is 5.37. The Balaban J connectivity index is 1.50. The molecule has 6 atom stereocenters. The Morgan fingerprint density at radius 1 is 0.923 bits per heavy atom. The number of hydrogen-bond donors (Lipinski definition) is 0. The number of rotatable bonds is 4. The Kier molecular flexibility index (Phi) is 5.36. The topological polar surface area (TPSA) is 36.9 Å². The largest absolute Gasteiger partial charge is 0.370 e. The lowest BCUT2D eigenvalue weighted by atomic mass is 9.88. The molecule has 0 N–H and O–H groups in total. The van der Waals surface area contributed by atoms with Crippen molar-refractivity contribution in [3.8, 4) is 0 Å². The number of benzene rings is 2. The number of hydrogen-bond acceptors (Lipinski definition) is 4. The molecule has 0 radical (unpaired) electrons. The molecule has 4 nitrogen and oxygen atoms in total. The van der Waals surface area contributed by atoms with Crippen LogP contribution in [0.1, 0.15) is 31.3 Å². The molecule has 0 spiro atoms. The Hall–Kier alpha value is -1.72. The van der Waals surface area contributed by atoms with Crippen LogP contribution in [0, 0.1) is 5.92 Å². The summed E-state index contributed by atoms with van der Waals surface area (Å²) in [4.78, 5) is 0. The van der Waals surface area contributed by atoms with Crippen molar-refractivity contribution in [1.29, 1.82) is 0 Å². The zero-order valence-electron chi connectivity index (χ0n) is 15.3. The number of fused-ring (bicyclic) bond motifs is 1. The van der Waals surface area contributed by atoms with Gasteiger partial charge >= 0.3 is 0 Å². The minimum Gasteiger partial charge on any atom is -0.370 e. The lowest BCUT2D eigenvalue weighted by Crippen LogP contribution is -2.58. The SMILES string of the molecule is CC1[C@H](C)OC2COC(c3ccccc3)O[C@H]2[C@H]1OCc1ccccc1. The van der Waals surface area contributed by atoms with Gasteiger partial charge in [-0.25, -0.2) is 0 Å². The monoisotopic (exact) mass is 354 g/mol. The van der Waals surface area contributed by atoms with Crippen LogP contribution in [-0.2, 0) is 25.6 Å². The first-order valence-electron chi connectivity index (χ1n) is 9.35. The third-order valence-corrected chi connectivity index (χ3v) is 5.39. The van der Waals surface area contributed by atoms with Gasteiger partial charge in [0.15, 0.2) is 6.29 Å². The van der Waals surface area contributed by atoms with Crippen molar-refractivity contribution in [3.63, 3.8) is 0 Å². The highest BCUT2D eigenvalue weighted by Crippen LogP contribution is 2.37. The summed E-state index contributed by atoms with van der Waals surface area (Å²) in [7, 11) is 0. The molecule has 2 aliphatic heterocycles. The van der Waals surface area contributed by atoms with Crippen molar-refractivity contribution in [3.05, 3.63) is 71.8 Å². The second kappa shape index (κ2) is 7.89. The molecule has 2 saturated heterocycles. The summed E-state index contributed by atoms with van der Waals surface area (Å²) in [5.41, 5.74) is 2.20. The molecule has 2 aromatic rings. The van der Waals surface area contributed by atoms with E-state index in [0.717, 1.165) is 5.56 Å². The van der Waals surface area contributed by atoms with Crippen molar-refractivity contribution in [1.82, 2.24) is 0 Å². The molecule has 0 saturated carbocycles. The van der Waals surface area contributed by atoms with E-state index in [2.05, 4.69) is 26.0 Å². The van der Waals surface area contributed by atoms with Crippen LogP contribution in [-0.4, -0.2) is 31.0 Å². The molecule has 2 aliphatic rings. The first-order valence-corrected chi connectivity index (χ1v) is 9.35. The van der Waals surface area contributed by atoms with E-state index in [4.69, 9.17) is 18.9 Å². The van der Waals surface area contributed by atoms with Crippen LogP contribution in [0.15, 0.2) is 60.7 Å². The maximum atomic E-state index is 6.34. The molecule has 2 fully saturated rings. The van der Waals surface area contributed by atoms with E-state index in [0.29, 0.717) is 13.2 Å². The van der Waals surface area contributed by atoms with Gasteiger partial charge in [-0.3, -0.25) is 0 Å². The van der Waals surface area contributed by atoms with Gasteiger partial charge in [0.2, 0.25) is 0 Å². The molecule has 4 heteroatoms. The van der Waals surface area contributed by atoms with Crippen molar-refractivity contribution >= 4 is 0 Å². The molecule has 0 aromatic heterocycles. The zero-order chi connectivity index (χ0) is 17.9. The Bertz CT molecular complexity index is 690. The van der Waals surface area contributed by atoms with Crippen molar-refractivity contribution in [2.24, 2.45) is 5.92 Å². The predicted octanol–water partition coefficient (Wildman–Crippen LogP) is 4.11. The average Bonchev–Trinajstić information content (AvgIpc) is 2.69. The second-order valence-corrected chi connectivity index (χ2v) is 7.18. The van der Waals surface area contributed by atoms with Gasteiger partial charge < -0.3 is 18.9 Å². The smallest absolute Gasteiger partial charge is 0.184 e. The molecule has 2 heterocycles. The quantitative estimate of drug-likeness (QED) is 0.828. The molecular weight excluding hydrogens is 328 g/mol. The van der Waals surface area contributed by atoms with Gasteiger partial charge in [-0.15, -0.1) is 0 Å². The Labute approximate surface area is 155 Å². The van der Waals surface area contributed by atoms with Crippen molar-refractivity contribution in [2.75, 3.05) is 6.61 Å². The molecule has 3 unspecified atom stereocenters. The van der Waals surface area contributed by atoms with Crippen molar-refractivity contribution < 1.29 is 18.9 Å². The number of ether oxygens (including phenoxy) is 4. The Morgan fingerprint density at radius 2 is 1.62 bits per heavy atom. The second-order valence-electron chi connectivity index (χ2n) is 7.18. The lowest BCUT2D eigenvalue weighted by molar-refractivity contribution is -0.325. The van der Waals surface area contributed by atoms with E-state index < -0.39 is 0 Å². The van der Waals surface area contributed by atoms with Crippen LogP contribution in [0.25, 0.3) is 0 Å². The van der Waals surface area contributed by atoms with Gasteiger partial charge in [-0.05, 0) is 12.5 Å². The minimum atomic E-state index is -0.371. The highest BCUT2D eigenvalue weighted by atomic mass is 16.7. The normalized spacial score (nSPS) is 34.2. The van der Waals surface area contributed by atoms with Gasteiger partial charge in [0.1, 0.15) is 12.2 Å². The fourth-order valence-corrected chi connectivity index (χ4v) is 3.72. The van der Waals surface area contributed by atoms with Crippen LogP contribution in [0.2, 0.25) is 0 Å². The average molecular weight is 354 g/mol. The third kappa shape index (κ3) is 3.69. The van der Waals surface area contributed by atoms with Gasteiger partial charge in [0.05, 0.1) is 25.4 Å². The summed E-state index contributed by atoms with van der Waals surface area (Å²) in [5.74, 6) is 0.245. The van der Waals surface area contributed by atoms with E-state index in [1.54, 1.807) is 0 Å². The maximum Gasteiger partial charge on any atom is 0.184 e. The molecule has 2 aromatic carbocycles. The zero-order valence-corrected chi connectivity index (χ0v) is 15.3. The van der Waals surface area contributed by atoms with Gasteiger partial charge in [0.25, 0.3) is 0 Å². The summed E-state index contributed by atoms with van der Waals surface area (Å²) >= 11 is 0. The molecule has 4 rings (SSSR count). The first-order chi connectivity index (χ1) is 12.7. The fourth-order valence-electron chi connectivity index (χ4n) is 3.72. The molecular formula is C22H26O4. The third-order valence-electron chi connectivity index (χ3n) is 5.39. The van der Waals surface area contributed by atoms with Crippen LogP contribution in [0.5, 0.6) is 0 Å². The molecule has 0 bridgehead atoms. The molecule has 138 valence electrons. The highest BCUT2D eigenvalue weighted by molar-refractivity contribution is 5.17. The van der Waals surface area contributed by atoms with Crippen molar-refractivity contribution in [2.45, 2.75) is 51.2 Å². The van der Waals surface area contributed by atoms with E-state index in [9.17, 15) is 0 Å². The molecule has 0 aliphatic carbocycles.